The lowest BCUT2D eigenvalue weighted by atomic mass is 10.1. The highest BCUT2D eigenvalue weighted by atomic mass is 35.5. The van der Waals surface area contributed by atoms with E-state index >= 15 is 0 Å². The van der Waals surface area contributed by atoms with E-state index in [9.17, 15) is 4.79 Å². The van der Waals surface area contributed by atoms with E-state index in [1.165, 1.54) is 0 Å². The van der Waals surface area contributed by atoms with Crippen LogP contribution in [0.3, 0.4) is 0 Å². The molecular weight excluding hydrogens is 183 g/mol. The van der Waals surface area contributed by atoms with Gasteiger partial charge in [-0.3, -0.25) is 4.79 Å². The van der Waals surface area contributed by atoms with E-state index in [4.69, 9.17) is 23.2 Å². The van der Waals surface area contributed by atoms with Gasteiger partial charge in [-0.15, -0.1) is 11.6 Å². The molecule has 0 atom stereocenters. The van der Waals surface area contributed by atoms with E-state index in [1.54, 1.807) is 18.2 Å². The molecule has 0 spiro atoms. The van der Waals surface area contributed by atoms with Gasteiger partial charge >= 0.3 is 0 Å². The fourth-order valence-corrected chi connectivity index (χ4v) is 1.23. The van der Waals surface area contributed by atoms with Crippen LogP contribution in [0.2, 0.25) is 5.02 Å². The summed E-state index contributed by atoms with van der Waals surface area (Å²) in [6, 6.07) is 5.02. The second-order valence-corrected chi connectivity index (χ2v) is 2.80. The average Bonchev–Trinajstić information content (AvgIpc) is 2.04. The topological polar surface area (TPSA) is 17.1 Å². The molecule has 11 heavy (non-hydrogen) atoms. The first kappa shape index (κ1) is 8.57. The highest BCUT2D eigenvalue weighted by Crippen LogP contribution is 2.16. The van der Waals surface area contributed by atoms with E-state index in [-0.39, 0.29) is 0 Å². The van der Waals surface area contributed by atoms with Crippen molar-refractivity contribution in [2.75, 3.05) is 0 Å². The van der Waals surface area contributed by atoms with Gasteiger partial charge in [0.2, 0.25) is 0 Å². The fraction of sp³-hybridized carbons (Fsp3) is 0.125. The Morgan fingerprint density at radius 3 is 2.73 bits per heavy atom. The zero-order chi connectivity index (χ0) is 8.27. The van der Waals surface area contributed by atoms with Crippen molar-refractivity contribution in [2.45, 2.75) is 5.88 Å². The molecule has 0 fully saturated rings. The van der Waals surface area contributed by atoms with Gasteiger partial charge in [-0.25, -0.2) is 0 Å². The van der Waals surface area contributed by atoms with Crippen LogP contribution in [0.1, 0.15) is 15.9 Å². The van der Waals surface area contributed by atoms with Crippen LogP contribution in [-0.4, -0.2) is 6.29 Å². The van der Waals surface area contributed by atoms with Gasteiger partial charge in [0.05, 0.1) is 0 Å². The standard InChI is InChI=1S/C8H6Cl2O/c9-4-7-3-8(10)2-1-6(7)5-11/h1-3,5H,4H2. The first-order chi connectivity index (χ1) is 5.27. The Kier molecular flexibility index (Phi) is 2.92. The van der Waals surface area contributed by atoms with E-state index in [0.29, 0.717) is 16.5 Å². The summed E-state index contributed by atoms with van der Waals surface area (Å²) in [6.07, 6.45) is 0.772. The van der Waals surface area contributed by atoms with Crippen LogP contribution in [0.15, 0.2) is 18.2 Å². The van der Waals surface area contributed by atoms with Crippen molar-refractivity contribution < 1.29 is 4.79 Å². The number of carbonyl (C=O) groups excluding carboxylic acids is 1. The second-order valence-electron chi connectivity index (χ2n) is 2.09. The summed E-state index contributed by atoms with van der Waals surface area (Å²) in [6.45, 7) is 0. The van der Waals surface area contributed by atoms with Crippen LogP contribution < -0.4 is 0 Å². The van der Waals surface area contributed by atoms with Crippen molar-refractivity contribution in [3.05, 3.63) is 34.3 Å². The van der Waals surface area contributed by atoms with Crippen LogP contribution in [0.5, 0.6) is 0 Å². The summed E-state index contributed by atoms with van der Waals surface area (Å²) >= 11 is 11.2. The summed E-state index contributed by atoms with van der Waals surface area (Å²) in [5.74, 6) is 0.314. The predicted octanol–water partition coefficient (Wildman–Crippen LogP) is 2.89. The maximum atomic E-state index is 10.4. The van der Waals surface area contributed by atoms with E-state index < -0.39 is 0 Å². The van der Waals surface area contributed by atoms with Crippen LogP contribution in [0.25, 0.3) is 0 Å². The third-order valence-electron chi connectivity index (χ3n) is 1.38. The summed E-state index contributed by atoms with van der Waals surface area (Å²) in [5, 5.41) is 0.603. The van der Waals surface area contributed by atoms with E-state index in [0.717, 1.165) is 11.8 Å². The monoisotopic (exact) mass is 188 g/mol. The first-order valence-electron chi connectivity index (χ1n) is 3.07. The lowest BCUT2D eigenvalue weighted by molar-refractivity contribution is 0.112. The molecule has 0 saturated heterocycles. The maximum absolute atomic E-state index is 10.4. The lowest BCUT2D eigenvalue weighted by Gasteiger charge is -1.99. The number of rotatable bonds is 2. The minimum Gasteiger partial charge on any atom is -0.298 e. The van der Waals surface area contributed by atoms with Crippen LogP contribution in [0, 0.1) is 0 Å². The smallest absolute Gasteiger partial charge is 0.150 e. The Labute approximate surface area is 74.9 Å². The summed E-state index contributed by atoms with van der Waals surface area (Å²) in [5.41, 5.74) is 1.37. The van der Waals surface area contributed by atoms with Crippen molar-refractivity contribution in [3.8, 4) is 0 Å². The molecule has 3 heteroatoms. The number of aldehydes is 1. The number of benzene rings is 1. The average molecular weight is 189 g/mol. The van der Waals surface area contributed by atoms with Crippen molar-refractivity contribution >= 4 is 29.5 Å². The maximum Gasteiger partial charge on any atom is 0.150 e. The molecule has 0 aliphatic rings. The third-order valence-corrected chi connectivity index (χ3v) is 1.90. The first-order valence-corrected chi connectivity index (χ1v) is 3.98. The Balaban J connectivity index is 3.16. The van der Waals surface area contributed by atoms with Crippen LogP contribution >= 0.6 is 23.2 Å². The molecular formula is C8H6Cl2O. The van der Waals surface area contributed by atoms with Gasteiger partial charge in [0.25, 0.3) is 0 Å². The van der Waals surface area contributed by atoms with Gasteiger partial charge in [-0.2, -0.15) is 0 Å². The molecule has 0 aliphatic carbocycles. The number of carbonyl (C=O) groups is 1. The predicted molar refractivity (Wildman–Crippen MR) is 46.4 cm³/mol. The third kappa shape index (κ3) is 1.95. The van der Waals surface area contributed by atoms with Gasteiger partial charge in [0.1, 0.15) is 6.29 Å². The number of hydrogen-bond acceptors (Lipinski definition) is 1. The Morgan fingerprint density at radius 1 is 1.45 bits per heavy atom. The van der Waals surface area contributed by atoms with Crippen molar-refractivity contribution in [2.24, 2.45) is 0 Å². The van der Waals surface area contributed by atoms with Crippen molar-refractivity contribution in [1.29, 1.82) is 0 Å². The number of hydrogen-bond donors (Lipinski definition) is 0. The Morgan fingerprint density at radius 2 is 2.18 bits per heavy atom. The van der Waals surface area contributed by atoms with Gasteiger partial charge in [-0.05, 0) is 23.8 Å². The summed E-state index contributed by atoms with van der Waals surface area (Å²) in [4.78, 5) is 10.4. The van der Waals surface area contributed by atoms with Gasteiger partial charge in [-0.1, -0.05) is 11.6 Å². The normalized spacial score (nSPS) is 9.64. The zero-order valence-corrected chi connectivity index (χ0v) is 7.19. The minimum atomic E-state index is 0.314. The highest BCUT2D eigenvalue weighted by molar-refractivity contribution is 6.30. The molecule has 0 aromatic heterocycles. The summed E-state index contributed by atoms with van der Waals surface area (Å²) in [7, 11) is 0. The van der Waals surface area contributed by atoms with Crippen LogP contribution in [-0.2, 0) is 5.88 Å². The largest absolute Gasteiger partial charge is 0.298 e. The van der Waals surface area contributed by atoms with E-state index in [2.05, 4.69) is 0 Å². The zero-order valence-electron chi connectivity index (χ0n) is 5.68. The molecule has 1 aromatic carbocycles. The molecule has 0 unspecified atom stereocenters. The second kappa shape index (κ2) is 3.74. The summed E-state index contributed by atoms with van der Waals surface area (Å²) < 4.78 is 0. The molecule has 1 aromatic rings. The molecule has 0 aliphatic heterocycles. The molecule has 1 rings (SSSR count). The molecule has 0 bridgehead atoms. The van der Waals surface area contributed by atoms with Crippen LogP contribution in [0.4, 0.5) is 0 Å². The molecule has 1 nitrogen and oxygen atoms in total. The Hall–Kier alpha value is -0.530. The SMILES string of the molecule is O=Cc1ccc(Cl)cc1CCl. The molecule has 0 N–H and O–H groups in total. The Bertz CT molecular complexity index is 271. The van der Waals surface area contributed by atoms with E-state index in [1.807, 2.05) is 0 Å². The highest BCUT2D eigenvalue weighted by Gasteiger charge is 1.99. The van der Waals surface area contributed by atoms with Gasteiger partial charge in [0.15, 0.2) is 0 Å². The lowest BCUT2D eigenvalue weighted by Crippen LogP contribution is -1.87. The van der Waals surface area contributed by atoms with Crippen molar-refractivity contribution in [3.63, 3.8) is 0 Å². The molecule has 58 valence electrons. The van der Waals surface area contributed by atoms with Gasteiger partial charge < -0.3 is 0 Å². The fourth-order valence-electron chi connectivity index (χ4n) is 0.805. The molecule has 0 amide bonds. The number of halogens is 2. The molecule has 0 radical (unpaired) electrons. The minimum absolute atomic E-state index is 0.314. The number of alkyl halides is 1. The van der Waals surface area contributed by atoms with Crippen molar-refractivity contribution in [1.82, 2.24) is 0 Å². The van der Waals surface area contributed by atoms with Gasteiger partial charge in [0, 0.05) is 16.5 Å². The molecule has 0 saturated carbocycles. The quantitative estimate of drug-likeness (QED) is 0.516. The molecule has 0 heterocycles.